The number of amides is 12. The molecule has 38 heteroatoms. The van der Waals surface area contributed by atoms with Gasteiger partial charge in [-0.15, -0.1) is 0 Å². The lowest BCUT2D eigenvalue weighted by Crippen LogP contribution is -2.65. The van der Waals surface area contributed by atoms with E-state index in [2.05, 4.69) is 52.5 Å². The maximum absolute atomic E-state index is 15.5. The number of nitrogens with zero attached hydrogens (tertiary/aromatic N) is 4. The molecule has 0 spiro atoms. The number of rotatable bonds is 34. The molecule has 602 valence electrons. The molecular weight excluding hydrogens is 1400 g/mol. The van der Waals surface area contributed by atoms with E-state index in [4.69, 9.17) is 43.9 Å². The van der Waals surface area contributed by atoms with Crippen LogP contribution in [-0.2, 0) is 71.8 Å². The number of carbonyl (C=O) groups is 13. The summed E-state index contributed by atoms with van der Waals surface area (Å²) in [6, 6.07) is -12.1. The number of likely N-dealkylation sites (N-methyl/N-ethyl adjacent to an activating group) is 1. The summed E-state index contributed by atoms with van der Waals surface area (Å²) in [5.74, 6) is -18.0. The van der Waals surface area contributed by atoms with E-state index in [1.807, 2.05) is 13.8 Å². The summed E-state index contributed by atoms with van der Waals surface area (Å²) in [7, 11) is 2.41. The van der Waals surface area contributed by atoms with E-state index in [9.17, 15) is 63.9 Å². The predicted molar refractivity (Wildman–Crippen MR) is 389 cm³/mol. The molecular formula is C69H116N18O20. The van der Waals surface area contributed by atoms with Crippen molar-refractivity contribution < 1.29 is 97.3 Å². The Kier molecular flexibility index (Phi) is 37.6. The van der Waals surface area contributed by atoms with Crippen LogP contribution >= 0.6 is 0 Å². The van der Waals surface area contributed by atoms with Crippen LogP contribution in [0, 0.1) is 29.6 Å². The van der Waals surface area contributed by atoms with Gasteiger partial charge in [0.1, 0.15) is 78.4 Å². The number of piperidine rings is 1. The third-order valence-corrected chi connectivity index (χ3v) is 18.6. The average Bonchev–Trinajstić information content (AvgIpc) is 0.803. The predicted octanol–water partition coefficient (Wildman–Crippen LogP) is -5.16. The number of cyclic esters (lactones) is 1. The number of aromatic hydroxyl groups is 1. The van der Waals surface area contributed by atoms with Crippen molar-refractivity contribution in [1.82, 2.24) is 52.3 Å². The van der Waals surface area contributed by atoms with Gasteiger partial charge in [-0.1, -0.05) is 60.6 Å². The van der Waals surface area contributed by atoms with Crippen LogP contribution in [0.15, 0.2) is 34.3 Å². The van der Waals surface area contributed by atoms with Gasteiger partial charge in [0.05, 0.1) is 24.2 Å². The quantitative estimate of drug-likeness (QED) is 0.0133. The van der Waals surface area contributed by atoms with Crippen LogP contribution in [0.5, 0.6) is 5.75 Å². The first-order valence-electron chi connectivity index (χ1n) is 35.9. The first-order valence-corrected chi connectivity index (χ1v) is 35.9. The summed E-state index contributed by atoms with van der Waals surface area (Å²) in [5, 5.41) is 75.9. The van der Waals surface area contributed by atoms with Gasteiger partial charge in [0.2, 0.25) is 65.0 Å². The molecule has 25 N–H and O–H groups in total. The highest BCUT2D eigenvalue weighted by molar-refractivity contribution is 5.99. The number of esters is 1. The van der Waals surface area contributed by atoms with Crippen LogP contribution in [0.2, 0.25) is 0 Å². The third kappa shape index (κ3) is 28.9. The van der Waals surface area contributed by atoms with E-state index < -0.39 is 205 Å². The van der Waals surface area contributed by atoms with E-state index in [1.54, 1.807) is 20.8 Å². The zero-order chi connectivity index (χ0) is 81.0. The van der Waals surface area contributed by atoms with E-state index in [-0.39, 0.29) is 112 Å². The Hall–Kier alpha value is -9.53. The van der Waals surface area contributed by atoms with Crippen molar-refractivity contribution in [3.05, 3.63) is 29.8 Å². The molecule has 1 aromatic rings. The lowest BCUT2D eigenvalue weighted by Gasteiger charge is -2.39. The summed E-state index contributed by atoms with van der Waals surface area (Å²) in [6.07, 6.45) is -12.5. The number of aliphatic hydroxyl groups is 4. The van der Waals surface area contributed by atoms with Crippen LogP contribution in [0.3, 0.4) is 0 Å². The van der Waals surface area contributed by atoms with E-state index >= 15 is 24.0 Å². The minimum absolute atomic E-state index is 0.00360. The molecule has 0 aromatic heterocycles. The number of aliphatic hydroxyl groups excluding tert-OH is 4. The number of phenols is 1. The van der Waals surface area contributed by atoms with Crippen LogP contribution in [-0.4, -0.2) is 249 Å². The van der Waals surface area contributed by atoms with Crippen molar-refractivity contribution in [1.29, 1.82) is 0 Å². The molecule has 3 rings (SSSR count). The summed E-state index contributed by atoms with van der Waals surface area (Å²) >= 11 is 0. The maximum atomic E-state index is 15.5. The number of fused-ring (bicyclic) bond motifs is 1. The Morgan fingerprint density at radius 3 is 1.81 bits per heavy atom. The van der Waals surface area contributed by atoms with Gasteiger partial charge in [-0.25, -0.2) is 4.79 Å². The van der Waals surface area contributed by atoms with Crippen molar-refractivity contribution in [2.24, 2.45) is 74.0 Å². The van der Waals surface area contributed by atoms with Crippen LogP contribution in [0.25, 0.3) is 0 Å². The standard InChI is InChI=1S/C69H116N18O20/c1-32(2)29-35(6)53(92)36(7)57(95)78-37(8)58(96)79-42(17-15-26-76-68(72)73)54(93)55(94)64(102)82-49(34(5)31-48(71)91)61(99)84-51-39(10)107-67(105)46-19-13-14-28-87(46)66(104)52(56(106-12)40-20-22-41(89)23-21-40)85-60(98)45(24-25-47(70)90)86(11)65(103)44(30-33(3)4)81-59(97)43(18-16-27-77-69(74)75)80-62(100)50(38(9)88)83-63(51)101/h20-23,32-39,42-46,49-56,88-89,92-94H,13-19,24-31H2,1-12H3,(H2,70,90)(H2,71,91)(H,78,95)(H,79,96)(H,80,100)(H,81,97)(H,82,102)(H,83,101)(H,84,99)(H,85,98)(H4,72,73,76)(H4,74,75,77)/t34-,35+,36+,37+,38-,39-,42-,43+,44?,45?,46-,49-,50?,51+,52+,53+,54+,55+,56+/m0/s1. The highest BCUT2D eigenvalue weighted by atomic mass is 16.5. The van der Waals surface area contributed by atoms with Crippen LogP contribution in [0.4, 0.5) is 0 Å². The Morgan fingerprint density at radius 2 is 1.25 bits per heavy atom. The number of guanidine groups is 2. The average molecular weight is 1520 g/mol. The number of ether oxygens (including phenoxy) is 2. The molecule has 0 aliphatic carbocycles. The van der Waals surface area contributed by atoms with Gasteiger partial charge in [-0.05, 0) is 126 Å². The largest absolute Gasteiger partial charge is 0.508 e. The number of primary amides is 2. The second-order valence-electron chi connectivity index (χ2n) is 28.6. The molecule has 0 bridgehead atoms. The topological polar surface area (TPSA) is 625 Å². The third-order valence-electron chi connectivity index (χ3n) is 18.6. The first kappa shape index (κ1) is 91.7. The maximum Gasteiger partial charge on any atom is 0.329 e. The minimum Gasteiger partial charge on any atom is -0.508 e. The Bertz CT molecular complexity index is 3260. The SMILES string of the molecule is CO[C@H](c1ccc(O)cc1)[C@H]1NC(=O)C(CCC(N)=O)N(C)C(=O)C(CC(C)C)NC(=O)[C@@H](CCCN=C(N)N)NC(=O)C([C@H](C)O)NC(=O)[C@H](NC(=O)[C@@H](NC(=O)[C@H](O)[C@H](O)[C@H](CCCN=C(N)N)NC(=O)[C@@H](C)NC(=O)[C@H](C)[C@H](O)[C@H](C)CC(C)C)[C@@H](C)CC(N)=O)[C@H](C)OC(=O)[C@@H]2CCCCN2C1=O. The highest BCUT2D eigenvalue weighted by Crippen LogP contribution is 2.29. The molecule has 2 heterocycles. The number of hydrogen-bond acceptors (Lipinski definition) is 22. The van der Waals surface area contributed by atoms with E-state index in [0.29, 0.717) is 6.42 Å². The molecule has 0 saturated carbocycles. The molecule has 0 radical (unpaired) electrons. The van der Waals surface area contributed by atoms with Gasteiger partial charge in [-0.3, -0.25) is 67.5 Å². The van der Waals surface area contributed by atoms with Crippen molar-refractivity contribution >= 4 is 88.8 Å². The van der Waals surface area contributed by atoms with Crippen LogP contribution < -0.4 is 76.9 Å². The van der Waals surface area contributed by atoms with Crippen molar-refractivity contribution in [2.45, 2.75) is 243 Å². The molecule has 2 fully saturated rings. The summed E-state index contributed by atoms with van der Waals surface area (Å²) in [6.45, 7) is 14.9. The second-order valence-corrected chi connectivity index (χ2v) is 28.6. The Balaban J connectivity index is 2.33. The number of hydrogen-bond donors (Lipinski definition) is 19. The van der Waals surface area contributed by atoms with Crippen molar-refractivity contribution in [3.8, 4) is 5.75 Å². The number of nitrogens with one attached hydrogen (secondary N) is 8. The fraction of sp³-hybridized carbons (Fsp3) is 0.696. The molecule has 3 unspecified atom stereocenters. The normalized spacial score (nSPS) is 23.4. The summed E-state index contributed by atoms with van der Waals surface area (Å²) in [4.78, 5) is 197. The monoisotopic (exact) mass is 1520 g/mol. The number of carbonyl (C=O) groups excluding carboxylic acids is 13. The summed E-state index contributed by atoms with van der Waals surface area (Å²) in [5.41, 5.74) is 33.6. The molecule has 107 heavy (non-hydrogen) atoms. The Morgan fingerprint density at radius 1 is 0.654 bits per heavy atom. The number of aliphatic imine (C=N–C) groups is 2. The van der Waals surface area contributed by atoms with E-state index in [0.717, 1.165) is 23.6 Å². The number of methoxy groups -OCH3 is 1. The molecule has 1 aromatic carbocycles. The zero-order valence-electron chi connectivity index (χ0n) is 63.2. The van der Waals surface area contributed by atoms with Crippen molar-refractivity contribution in [2.75, 3.05) is 33.8 Å². The smallest absolute Gasteiger partial charge is 0.329 e. The molecule has 38 nitrogen and oxygen atoms in total. The van der Waals surface area contributed by atoms with E-state index in [1.165, 1.54) is 59.2 Å². The van der Waals surface area contributed by atoms with Gasteiger partial charge in [0.25, 0.3) is 5.91 Å². The molecule has 12 amide bonds. The zero-order valence-corrected chi connectivity index (χ0v) is 63.2. The van der Waals surface area contributed by atoms with Gasteiger partial charge in [0, 0.05) is 46.6 Å². The highest BCUT2D eigenvalue weighted by Gasteiger charge is 2.46. The van der Waals surface area contributed by atoms with Crippen molar-refractivity contribution in [3.63, 3.8) is 0 Å². The van der Waals surface area contributed by atoms with Gasteiger partial charge in [0.15, 0.2) is 18.0 Å². The molecule has 2 aliphatic heterocycles. The lowest BCUT2D eigenvalue weighted by atomic mass is 9.87. The molecule has 2 saturated heterocycles. The van der Waals surface area contributed by atoms with Gasteiger partial charge >= 0.3 is 5.97 Å². The molecule has 19 atom stereocenters. The Labute approximate surface area is 622 Å². The number of phenolic OH excluding ortho intramolecular Hbond substituents is 1. The van der Waals surface area contributed by atoms with Gasteiger partial charge in [-0.2, -0.15) is 0 Å². The molecule has 2 aliphatic rings. The van der Waals surface area contributed by atoms with Gasteiger partial charge < -0.3 is 122 Å². The summed E-state index contributed by atoms with van der Waals surface area (Å²) < 4.78 is 11.9. The fourth-order valence-corrected chi connectivity index (χ4v) is 12.7. The number of nitrogens with two attached hydrogens (primary N) is 6. The lowest BCUT2D eigenvalue weighted by molar-refractivity contribution is -0.165. The number of benzene rings is 1. The minimum atomic E-state index is -2.56. The first-order chi connectivity index (χ1) is 50.0. The second kappa shape index (κ2) is 43.9. The van der Waals surface area contributed by atoms with Crippen LogP contribution in [0.1, 0.15) is 158 Å². The fourth-order valence-electron chi connectivity index (χ4n) is 12.7.